The Bertz CT molecular complexity index is 617. The van der Waals surface area contributed by atoms with Gasteiger partial charge in [0.1, 0.15) is 6.04 Å². The molecule has 2 aliphatic heterocycles. The van der Waals surface area contributed by atoms with Gasteiger partial charge in [0.2, 0.25) is 17.7 Å². The summed E-state index contributed by atoms with van der Waals surface area (Å²) in [4.78, 5) is 41.8. The fourth-order valence-corrected chi connectivity index (χ4v) is 5.52. The van der Waals surface area contributed by atoms with Crippen molar-refractivity contribution in [2.45, 2.75) is 19.4 Å². The first-order chi connectivity index (χ1) is 11.6. The molecule has 2 saturated heterocycles. The molecule has 24 heavy (non-hydrogen) atoms. The maximum atomic E-state index is 13.0. The maximum absolute atomic E-state index is 13.0. The molecule has 0 radical (unpaired) electrons. The number of likely N-dealkylation sites (tertiary alicyclic amines) is 1. The van der Waals surface area contributed by atoms with Crippen molar-refractivity contribution in [3.05, 3.63) is 12.2 Å². The highest BCUT2D eigenvalue weighted by molar-refractivity contribution is 6.09. The van der Waals surface area contributed by atoms with Gasteiger partial charge < -0.3 is 9.64 Å². The molecule has 0 unspecified atom stereocenters. The molecule has 128 valence electrons. The Hall–Kier alpha value is -1.69. The van der Waals surface area contributed by atoms with E-state index >= 15 is 0 Å². The summed E-state index contributed by atoms with van der Waals surface area (Å²) in [6, 6.07) is -0.704. The monoisotopic (exact) mass is 330 g/mol. The average Bonchev–Trinajstić information content (AvgIpc) is 3.39. The summed E-state index contributed by atoms with van der Waals surface area (Å²) in [5.74, 6) is 0.754. The highest BCUT2D eigenvalue weighted by Gasteiger charge is 2.67. The third-order valence-corrected chi connectivity index (χ3v) is 6.76. The second-order valence-electron chi connectivity index (χ2n) is 7.81. The molecule has 6 rings (SSSR count). The molecular weight excluding hydrogens is 308 g/mol. The number of carbonyl (C=O) groups excluding carboxylic acids is 3. The number of imide groups is 1. The van der Waals surface area contributed by atoms with Crippen LogP contribution in [-0.4, -0.2) is 59.9 Å². The molecule has 4 fully saturated rings. The molecule has 4 aliphatic carbocycles. The number of rotatable bonds is 2. The quantitative estimate of drug-likeness (QED) is 0.539. The van der Waals surface area contributed by atoms with Gasteiger partial charge in [-0.25, -0.2) is 0 Å². The third-order valence-electron chi connectivity index (χ3n) is 6.76. The fraction of sp³-hybridized carbons (Fsp3) is 0.722. The molecule has 7 atom stereocenters. The van der Waals surface area contributed by atoms with Gasteiger partial charge in [0.15, 0.2) is 0 Å². The molecule has 2 saturated carbocycles. The zero-order valence-electron chi connectivity index (χ0n) is 13.8. The molecule has 0 aromatic rings. The Morgan fingerprint density at radius 3 is 2.17 bits per heavy atom. The van der Waals surface area contributed by atoms with E-state index in [2.05, 4.69) is 12.2 Å². The minimum atomic E-state index is -0.704. The number of morpholine rings is 1. The lowest BCUT2D eigenvalue weighted by molar-refractivity contribution is -0.152. The fourth-order valence-electron chi connectivity index (χ4n) is 5.52. The van der Waals surface area contributed by atoms with E-state index in [-0.39, 0.29) is 41.4 Å². The zero-order chi connectivity index (χ0) is 16.6. The van der Waals surface area contributed by atoms with Crippen LogP contribution in [-0.2, 0) is 19.1 Å². The lowest BCUT2D eigenvalue weighted by atomic mass is 9.63. The molecule has 2 bridgehead atoms. The van der Waals surface area contributed by atoms with Crippen LogP contribution in [0.1, 0.15) is 13.3 Å². The number of nitrogens with zero attached hydrogens (tertiary/aromatic N) is 2. The Balaban J connectivity index is 1.40. The van der Waals surface area contributed by atoms with Gasteiger partial charge in [-0.05, 0) is 37.0 Å². The van der Waals surface area contributed by atoms with Gasteiger partial charge in [-0.15, -0.1) is 0 Å². The molecule has 6 nitrogen and oxygen atoms in total. The van der Waals surface area contributed by atoms with Crippen LogP contribution in [0, 0.1) is 35.5 Å². The molecule has 0 aromatic carbocycles. The van der Waals surface area contributed by atoms with Crippen molar-refractivity contribution in [1.29, 1.82) is 0 Å². The predicted octanol–water partition coefficient (Wildman–Crippen LogP) is 0.287. The summed E-state index contributed by atoms with van der Waals surface area (Å²) in [5.41, 5.74) is 0. The molecule has 0 spiro atoms. The molecule has 0 N–H and O–H groups in total. The smallest absolute Gasteiger partial charge is 0.245 e. The van der Waals surface area contributed by atoms with Crippen LogP contribution in [0.3, 0.4) is 0 Å². The number of hydrogen-bond acceptors (Lipinski definition) is 4. The average molecular weight is 330 g/mol. The number of amides is 3. The Morgan fingerprint density at radius 2 is 1.62 bits per heavy atom. The largest absolute Gasteiger partial charge is 0.378 e. The van der Waals surface area contributed by atoms with Gasteiger partial charge in [-0.1, -0.05) is 12.2 Å². The number of ether oxygens (including phenoxy) is 1. The van der Waals surface area contributed by atoms with Crippen molar-refractivity contribution in [2.24, 2.45) is 35.5 Å². The first-order valence-electron chi connectivity index (χ1n) is 9.01. The van der Waals surface area contributed by atoms with E-state index in [4.69, 9.17) is 4.74 Å². The van der Waals surface area contributed by atoms with Gasteiger partial charge in [0, 0.05) is 13.1 Å². The first-order valence-corrected chi connectivity index (χ1v) is 9.01. The maximum Gasteiger partial charge on any atom is 0.245 e. The van der Waals surface area contributed by atoms with E-state index in [9.17, 15) is 14.4 Å². The van der Waals surface area contributed by atoms with E-state index in [1.165, 1.54) is 4.90 Å². The molecule has 6 heteroatoms. The summed E-state index contributed by atoms with van der Waals surface area (Å²) in [6.07, 6.45) is 5.46. The van der Waals surface area contributed by atoms with Gasteiger partial charge in [0.25, 0.3) is 0 Å². The number of carbonyl (C=O) groups is 3. The highest BCUT2D eigenvalue weighted by atomic mass is 16.5. The van der Waals surface area contributed by atoms with Crippen LogP contribution in [0.15, 0.2) is 12.2 Å². The standard InChI is InChI=1S/C18H22N2O4/c1-9(16(21)19-4-6-24-7-5-19)20-17(22)14-10-2-3-11(13-8-12(10)13)15(14)18(20)23/h2-3,9-15H,4-8H2,1H3/t9-,10+,11+,12+,13+,14-,15-/m0/s1. The van der Waals surface area contributed by atoms with Gasteiger partial charge in [0.05, 0.1) is 25.0 Å². The zero-order valence-corrected chi connectivity index (χ0v) is 13.8. The van der Waals surface area contributed by atoms with Crippen molar-refractivity contribution in [1.82, 2.24) is 9.80 Å². The van der Waals surface area contributed by atoms with Crippen molar-refractivity contribution >= 4 is 17.7 Å². The summed E-state index contributed by atoms with van der Waals surface area (Å²) in [6.45, 7) is 3.79. The molecule has 2 heterocycles. The second kappa shape index (κ2) is 4.91. The number of allylic oxidation sites excluding steroid dienone is 2. The summed E-state index contributed by atoms with van der Waals surface area (Å²) >= 11 is 0. The van der Waals surface area contributed by atoms with E-state index in [0.717, 1.165) is 6.42 Å². The van der Waals surface area contributed by atoms with Crippen molar-refractivity contribution < 1.29 is 19.1 Å². The van der Waals surface area contributed by atoms with Crippen LogP contribution < -0.4 is 0 Å². The predicted molar refractivity (Wildman–Crippen MR) is 83.4 cm³/mol. The van der Waals surface area contributed by atoms with Gasteiger partial charge >= 0.3 is 0 Å². The Morgan fingerprint density at radius 1 is 1.08 bits per heavy atom. The molecule has 3 amide bonds. The van der Waals surface area contributed by atoms with Crippen molar-refractivity contribution in [3.63, 3.8) is 0 Å². The van der Waals surface area contributed by atoms with E-state index in [1.807, 2.05) is 0 Å². The lowest BCUT2D eigenvalue weighted by Gasteiger charge is -2.37. The Labute approximate surface area is 140 Å². The van der Waals surface area contributed by atoms with Crippen LogP contribution >= 0.6 is 0 Å². The molecular formula is C18H22N2O4. The minimum Gasteiger partial charge on any atom is -0.378 e. The van der Waals surface area contributed by atoms with Crippen LogP contribution in [0.25, 0.3) is 0 Å². The summed E-state index contributed by atoms with van der Waals surface area (Å²) in [5, 5.41) is 0. The summed E-state index contributed by atoms with van der Waals surface area (Å²) in [7, 11) is 0. The van der Waals surface area contributed by atoms with E-state index in [1.54, 1.807) is 11.8 Å². The SMILES string of the molecule is C[C@@H](C(=O)N1CCOCC1)N1C(=O)[C@H]2[C@@H]3C=C[C@H]([C@H]4C[C@H]34)[C@@H]2C1=O. The van der Waals surface area contributed by atoms with E-state index < -0.39 is 6.04 Å². The highest BCUT2D eigenvalue weighted by Crippen LogP contribution is 2.65. The van der Waals surface area contributed by atoms with Gasteiger partial charge in [-0.2, -0.15) is 0 Å². The topological polar surface area (TPSA) is 66.9 Å². The lowest BCUT2D eigenvalue weighted by Crippen LogP contribution is -2.52. The minimum absolute atomic E-state index is 0.121. The van der Waals surface area contributed by atoms with Crippen LogP contribution in [0.4, 0.5) is 0 Å². The number of hydrogen-bond donors (Lipinski definition) is 0. The molecule has 0 aromatic heterocycles. The van der Waals surface area contributed by atoms with Gasteiger partial charge in [-0.3, -0.25) is 19.3 Å². The van der Waals surface area contributed by atoms with E-state index in [0.29, 0.717) is 38.1 Å². The normalized spacial score (nSPS) is 43.7. The van der Waals surface area contributed by atoms with Crippen molar-refractivity contribution in [2.75, 3.05) is 26.3 Å². The van der Waals surface area contributed by atoms with Crippen LogP contribution in [0.5, 0.6) is 0 Å². The Kier molecular flexibility index (Phi) is 2.99. The summed E-state index contributed by atoms with van der Waals surface area (Å²) < 4.78 is 5.28. The van der Waals surface area contributed by atoms with Crippen LogP contribution in [0.2, 0.25) is 0 Å². The molecule has 6 aliphatic rings. The first kappa shape index (κ1) is 14.6. The third kappa shape index (κ3) is 1.78. The second-order valence-corrected chi connectivity index (χ2v) is 7.81. The van der Waals surface area contributed by atoms with Crippen molar-refractivity contribution in [3.8, 4) is 0 Å².